The molecule has 0 fully saturated rings. The fourth-order valence-corrected chi connectivity index (χ4v) is 2.33. The number of hydrogen-bond acceptors (Lipinski definition) is 6. The van der Waals surface area contributed by atoms with E-state index in [1.165, 1.54) is 24.3 Å². The number of halogens is 1. The Morgan fingerprint density at radius 1 is 1.40 bits per heavy atom. The normalized spacial score (nSPS) is 11.4. The summed E-state index contributed by atoms with van der Waals surface area (Å²) in [5.74, 6) is -0.606. The van der Waals surface area contributed by atoms with Gasteiger partial charge >= 0.3 is 5.97 Å². The molecule has 0 unspecified atom stereocenters. The van der Waals surface area contributed by atoms with Crippen molar-refractivity contribution in [3.63, 3.8) is 0 Å². The summed E-state index contributed by atoms with van der Waals surface area (Å²) in [6.45, 7) is 4.10. The van der Waals surface area contributed by atoms with Crippen LogP contribution < -0.4 is 5.73 Å². The number of aryl methyl sites for hydroxylation is 2. The van der Waals surface area contributed by atoms with Gasteiger partial charge in [-0.3, -0.25) is 14.8 Å². The number of aromatic nitrogens is 2. The first-order chi connectivity index (χ1) is 11.8. The molecule has 2 aromatic rings. The lowest BCUT2D eigenvalue weighted by Gasteiger charge is -2.03. The Morgan fingerprint density at radius 2 is 2.04 bits per heavy atom. The SMILES string of the molecule is Cc1nn(CCC(=O)O/N=C(\N)c2ccc([N+](=O)[O-])cc2)c(C)c1Br. The Kier molecular flexibility index (Phi) is 5.86. The van der Waals surface area contributed by atoms with Crippen molar-refractivity contribution in [3.8, 4) is 0 Å². The molecule has 0 saturated carbocycles. The van der Waals surface area contributed by atoms with E-state index in [0.29, 0.717) is 12.1 Å². The average molecular weight is 410 g/mol. The smallest absolute Gasteiger partial charge is 0.336 e. The number of oxime groups is 1. The van der Waals surface area contributed by atoms with Crippen molar-refractivity contribution in [2.75, 3.05) is 0 Å². The number of rotatable bonds is 6. The molecule has 0 aliphatic carbocycles. The number of hydrogen-bond donors (Lipinski definition) is 1. The highest BCUT2D eigenvalue weighted by Gasteiger charge is 2.11. The van der Waals surface area contributed by atoms with Crippen LogP contribution in [0.2, 0.25) is 0 Å². The summed E-state index contributed by atoms with van der Waals surface area (Å²) in [4.78, 5) is 26.6. The topological polar surface area (TPSA) is 126 Å². The van der Waals surface area contributed by atoms with Crippen LogP contribution in [0.5, 0.6) is 0 Å². The van der Waals surface area contributed by atoms with Crippen LogP contribution in [0.4, 0.5) is 5.69 Å². The molecular weight excluding hydrogens is 394 g/mol. The van der Waals surface area contributed by atoms with E-state index < -0.39 is 10.9 Å². The van der Waals surface area contributed by atoms with Gasteiger partial charge in [-0.25, -0.2) is 4.79 Å². The molecule has 1 heterocycles. The van der Waals surface area contributed by atoms with Crippen LogP contribution in [0, 0.1) is 24.0 Å². The predicted octanol–water partition coefficient (Wildman–Crippen LogP) is 2.42. The summed E-state index contributed by atoms with van der Waals surface area (Å²) in [5.41, 5.74) is 7.81. The molecule has 0 aliphatic rings. The van der Waals surface area contributed by atoms with Crippen molar-refractivity contribution in [3.05, 3.63) is 55.8 Å². The quantitative estimate of drug-likeness (QED) is 0.256. The molecule has 10 heteroatoms. The number of benzene rings is 1. The van der Waals surface area contributed by atoms with Gasteiger partial charge in [-0.15, -0.1) is 0 Å². The number of nitrogens with zero attached hydrogens (tertiary/aromatic N) is 4. The second-order valence-electron chi connectivity index (χ2n) is 5.20. The molecule has 0 aliphatic heterocycles. The van der Waals surface area contributed by atoms with Crippen LogP contribution >= 0.6 is 15.9 Å². The lowest BCUT2D eigenvalue weighted by molar-refractivity contribution is -0.384. The van der Waals surface area contributed by atoms with Crippen molar-refractivity contribution in [1.29, 1.82) is 0 Å². The van der Waals surface area contributed by atoms with Crippen LogP contribution in [0.3, 0.4) is 0 Å². The first-order valence-electron chi connectivity index (χ1n) is 7.27. The molecule has 0 bridgehead atoms. The molecule has 132 valence electrons. The number of nitrogens with two attached hydrogens (primary N) is 1. The van der Waals surface area contributed by atoms with E-state index in [1.54, 1.807) is 4.68 Å². The molecule has 0 amide bonds. The molecule has 0 saturated heterocycles. The third kappa shape index (κ3) is 4.63. The van der Waals surface area contributed by atoms with E-state index in [2.05, 4.69) is 26.2 Å². The molecule has 2 rings (SSSR count). The Morgan fingerprint density at radius 3 is 2.56 bits per heavy atom. The largest absolute Gasteiger partial charge is 0.380 e. The summed E-state index contributed by atoms with van der Waals surface area (Å²) in [5, 5.41) is 18.5. The molecule has 0 spiro atoms. The lowest BCUT2D eigenvalue weighted by Crippen LogP contribution is -2.16. The Labute approximate surface area is 151 Å². The molecule has 0 atom stereocenters. The minimum atomic E-state index is -0.562. The fraction of sp³-hybridized carbons (Fsp3) is 0.267. The van der Waals surface area contributed by atoms with Gasteiger partial charge in [0.05, 0.1) is 28.1 Å². The molecule has 9 nitrogen and oxygen atoms in total. The van der Waals surface area contributed by atoms with Gasteiger partial charge < -0.3 is 10.6 Å². The summed E-state index contributed by atoms with van der Waals surface area (Å²) in [7, 11) is 0. The Hall–Kier alpha value is -2.75. The lowest BCUT2D eigenvalue weighted by atomic mass is 10.2. The van der Waals surface area contributed by atoms with E-state index in [9.17, 15) is 14.9 Å². The minimum Gasteiger partial charge on any atom is -0.380 e. The van der Waals surface area contributed by atoms with Gasteiger partial charge in [-0.1, -0.05) is 5.16 Å². The van der Waals surface area contributed by atoms with Crippen LogP contribution in [0.1, 0.15) is 23.4 Å². The van der Waals surface area contributed by atoms with Gasteiger partial charge in [0, 0.05) is 23.4 Å². The first-order valence-corrected chi connectivity index (χ1v) is 8.06. The maximum Gasteiger partial charge on any atom is 0.336 e. The molecule has 25 heavy (non-hydrogen) atoms. The molecule has 2 N–H and O–H groups in total. The van der Waals surface area contributed by atoms with E-state index >= 15 is 0 Å². The zero-order valence-electron chi connectivity index (χ0n) is 13.6. The molecular formula is C15H16BrN5O4. The van der Waals surface area contributed by atoms with E-state index in [4.69, 9.17) is 10.6 Å². The first kappa shape index (κ1) is 18.6. The summed E-state index contributed by atoms with van der Waals surface area (Å²) in [6.07, 6.45) is 0.0748. The van der Waals surface area contributed by atoms with Gasteiger partial charge in [0.1, 0.15) is 0 Å². The van der Waals surface area contributed by atoms with E-state index in [-0.39, 0.29) is 17.9 Å². The summed E-state index contributed by atoms with van der Waals surface area (Å²) in [6, 6.07) is 5.44. The van der Waals surface area contributed by atoms with Gasteiger partial charge in [-0.2, -0.15) is 5.10 Å². The fourth-order valence-electron chi connectivity index (χ4n) is 2.04. The van der Waals surface area contributed by atoms with Crippen molar-refractivity contribution in [2.45, 2.75) is 26.8 Å². The summed E-state index contributed by atoms with van der Waals surface area (Å²) < 4.78 is 2.60. The number of carbonyl (C=O) groups excluding carboxylic acids is 1. The van der Waals surface area contributed by atoms with Crippen molar-refractivity contribution in [2.24, 2.45) is 10.9 Å². The Bertz CT molecular complexity index is 829. The zero-order valence-corrected chi connectivity index (χ0v) is 15.2. The van der Waals surface area contributed by atoms with Crippen LogP contribution in [0.15, 0.2) is 33.9 Å². The molecule has 0 radical (unpaired) electrons. The van der Waals surface area contributed by atoms with Crippen molar-refractivity contribution >= 4 is 33.4 Å². The van der Waals surface area contributed by atoms with Gasteiger partial charge in [0.2, 0.25) is 0 Å². The predicted molar refractivity (Wildman–Crippen MR) is 93.9 cm³/mol. The highest BCUT2D eigenvalue weighted by molar-refractivity contribution is 9.10. The van der Waals surface area contributed by atoms with Crippen LogP contribution in [-0.2, 0) is 16.2 Å². The van der Waals surface area contributed by atoms with Gasteiger partial charge in [0.25, 0.3) is 5.69 Å². The Balaban J connectivity index is 1.92. The van der Waals surface area contributed by atoms with Gasteiger partial charge in [-0.05, 0) is 41.9 Å². The number of non-ortho nitro benzene ring substituents is 1. The van der Waals surface area contributed by atoms with Gasteiger partial charge in [0.15, 0.2) is 5.84 Å². The summed E-state index contributed by atoms with van der Waals surface area (Å²) >= 11 is 3.42. The average Bonchev–Trinajstić information content (AvgIpc) is 2.84. The van der Waals surface area contributed by atoms with E-state index in [0.717, 1.165) is 15.9 Å². The minimum absolute atomic E-state index is 0.0443. The third-order valence-electron chi connectivity index (χ3n) is 3.44. The number of nitro benzene ring substituents is 1. The third-order valence-corrected chi connectivity index (χ3v) is 4.59. The second-order valence-corrected chi connectivity index (χ2v) is 5.99. The monoisotopic (exact) mass is 409 g/mol. The number of amidine groups is 1. The molecule has 1 aromatic carbocycles. The number of carbonyl (C=O) groups is 1. The van der Waals surface area contributed by atoms with E-state index in [1.807, 2.05) is 13.8 Å². The maximum atomic E-state index is 11.8. The maximum absolute atomic E-state index is 11.8. The highest BCUT2D eigenvalue weighted by atomic mass is 79.9. The van der Waals surface area contributed by atoms with Crippen LogP contribution in [-0.4, -0.2) is 26.5 Å². The number of nitro groups is 1. The highest BCUT2D eigenvalue weighted by Crippen LogP contribution is 2.19. The van der Waals surface area contributed by atoms with Crippen molar-refractivity contribution < 1.29 is 14.6 Å². The van der Waals surface area contributed by atoms with Crippen molar-refractivity contribution in [1.82, 2.24) is 9.78 Å². The zero-order chi connectivity index (χ0) is 18.6. The molecule has 1 aromatic heterocycles. The second kappa shape index (κ2) is 7.88. The standard InChI is InChI=1S/C15H16BrN5O4/c1-9-14(16)10(2)20(18-9)8-7-13(22)25-19-15(17)11-3-5-12(6-4-11)21(23)24/h3-6H,7-8H2,1-2H3,(H2,17,19). The van der Waals surface area contributed by atoms with Crippen LogP contribution in [0.25, 0.3) is 0 Å².